The van der Waals surface area contributed by atoms with Crippen molar-refractivity contribution in [3.63, 3.8) is 0 Å². The molecule has 1 aliphatic carbocycles. The summed E-state index contributed by atoms with van der Waals surface area (Å²) in [5.74, 6) is -1.58. The van der Waals surface area contributed by atoms with Gasteiger partial charge in [-0.2, -0.15) is 0 Å². The maximum atomic E-state index is 13.9. The van der Waals surface area contributed by atoms with Gasteiger partial charge in [-0.1, -0.05) is 0 Å². The Labute approximate surface area is 260 Å². The van der Waals surface area contributed by atoms with E-state index in [2.05, 4.69) is 24.8 Å². The normalized spacial score (nSPS) is 28.2. The lowest BCUT2D eigenvalue weighted by Crippen LogP contribution is -2.48. The molecule has 3 aliphatic heterocycles. The molecule has 0 aromatic heterocycles. The standard InChI is InChI=1S/C31H33F5N2O8/c1-15(13-39)37-27(40)17-5-3-16(4-6-17)22-11-21(19-8-7-18(9-23(19)43-22)44-30(32,33)34)38-28(41)29(2)14-42-24-12-26-25(10-20(24)29)45-31(35,36)46-26/h7-10,12,15-17,21-22,39H,3-6,11,13-14H2,1-2H3,(H,37,40)(H,38,41)/t15?,16?,17?,21-,22-,29+/m1/s1. The van der Waals surface area contributed by atoms with Gasteiger partial charge in [-0.15, -0.1) is 22.0 Å². The smallest absolute Gasteiger partial charge is 0.492 e. The van der Waals surface area contributed by atoms with Crippen molar-refractivity contribution in [2.75, 3.05) is 13.2 Å². The highest BCUT2D eigenvalue weighted by Crippen LogP contribution is 2.50. The van der Waals surface area contributed by atoms with Crippen LogP contribution in [0.4, 0.5) is 22.0 Å². The van der Waals surface area contributed by atoms with Crippen molar-refractivity contribution in [3.05, 3.63) is 41.5 Å². The molecule has 0 radical (unpaired) electrons. The Morgan fingerprint density at radius 3 is 2.41 bits per heavy atom. The summed E-state index contributed by atoms with van der Waals surface area (Å²) in [5, 5.41) is 15.0. The molecule has 46 heavy (non-hydrogen) atoms. The van der Waals surface area contributed by atoms with Gasteiger partial charge in [0, 0.05) is 41.6 Å². The third-order valence-electron chi connectivity index (χ3n) is 9.09. The van der Waals surface area contributed by atoms with Gasteiger partial charge in [0.1, 0.15) is 35.4 Å². The molecule has 250 valence electrons. The quantitative estimate of drug-likeness (QED) is 0.361. The maximum Gasteiger partial charge on any atom is 0.586 e. The molecule has 1 saturated carbocycles. The molecule has 1 unspecified atom stereocenters. The molecule has 4 aliphatic rings. The molecule has 4 atom stereocenters. The van der Waals surface area contributed by atoms with Gasteiger partial charge < -0.3 is 39.4 Å². The van der Waals surface area contributed by atoms with Gasteiger partial charge in [0.25, 0.3) is 0 Å². The van der Waals surface area contributed by atoms with Crippen molar-refractivity contribution in [1.29, 1.82) is 0 Å². The number of ether oxygens (including phenoxy) is 5. The summed E-state index contributed by atoms with van der Waals surface area (Å²) in [4.78, 5) is 26.5. The second-order valence-electron chi connectivity index (χ2n) is 12.5. The van der Waals surface area contributed by atoms with Crippen LogP contribution in [0.15, 0.2) is 30.3 Å². The summed E-state index contributed by atoms with van der Waals surface area (Å²) in [6.07, 6.45) is -6.69. The molecule has 3 N–H and O–H groups in total. The summed E-state index contributed by atoms with van der Waals surface area (Å²) >= 11 is 0. The number of alkyl halides is 5. The average Bonchev–Trinajstić information content (AvgIpc) is 3.48. The number of carbonyl (C=O) groups is 2. The second-order valence-corrected chi connectivity index (χ2v) is 12.5. The fourth-order valence-corrected chi connectivity index (χ4v) is 6.59. The SMILES string of the molecule is CC(CO)NC(=O)C1CCC([C@H]2C[C@@H](NC(=O)[C@@]3(C)COc4cc5c(cc43)OC(F)(F)O5)c3ccc(OC(F)(F)F)cc3O2)CC1. The summed E-state index contributed by atoms with van der Waals surface area (Å²) in [5.41, 5.74) is -0.566. The van der Waals surface area contributed by atoms with E-state index in [9.17, 15) is 36.6 Å². The fraction of sp³-hybridized carbons (Fsp3) is 0.548. The minimum absolute atomic E-state index is 0.0633. The molecule has 0 bridgehead atoms. The molecular weight excluding hydrogens is 623 g/mol. The van der Waals surface area contributed by atoms with Crippen LogP contribution in [-0.4, -0.2) is 54.9 Å². The van der Waals surface area contributed by atoms with Crippen molar-refractivity contribution in [2.24, 2.45) is 11.8 Å². The van der Waals surface area contributed by atoms with Crippen LogP contribution in [0.25, 0.3) is 0 Å². The molecule has 1 fully saturated rings. The number of carbonyl (C=O) groups excluding carboxylic acids is 2. The van der Waals surface area contributed by atoms with Gasteiger partial charge >= 0.3 is 12.7 Å². The van der Waals surface area contributed by atoms with E-state index in [1.807, 2.05) is 0 Å². The molecule has 2 amide bonds. The first kappa shape index (κ1) is 32.0. The van der Waals surface area contributed by atoms with Gasteiger partial charge in [0.15, 0.2) is 11.5 Å². The van der Waals surface area contributed by atoms with Crippen molar-refractivity contribution >= 4 is 11.8 Å². The summed E-state index contributed by atoms with van der Waals surface area (Å²) in [6, 6.07) is 5.16. The number of aliphatic hydroxyl groups is 1. The Kier molecular flexibility index (Phi) is 8.10. The zero-order valence-electron chi connectivity index (χ0n) is 24.9. The summed E-state index contributed by atoms with van der Waals surface area (Å²) in [7, 11) is 0. The minimum Gasteiger partial charge on any atom is -0.492 e. The number of benzene rings is 2. The molecule has 2 aromatic rings. The van der Waals surface area contributed by atoms with Gasteiger partial charge in [-0.3, -0.25) is 9.59 Å². The van der Waals surface area contributed by atoms with Gasteiger partial charge in [0.05, 0.1) is 12.6 Å². The first-order valence-corrected chi connectivity index (χ1v) is 15.0. The third-order valence-corrected chi connectivity index (χ3v) is 9.09. The first-order chi connectivity index (χ1) is 21.6. The van der Waals surface area contributed by atoms with Gasteiger partial charge in [-0.25, -0.2) is 0 Å². The molecule has 3 heterocycles. The van der Waals surface area contributed by atoms with E-state index in [1.54, 1.807) is 13.8 Å². The molecule has 15 heteroatoms. The van der Waals surface area contributed by atoms with Crippen molar-refractivity contribution in [1.82, 2.24) is 10.6 Å². The van der Waals surface area contributed by atoms with E-state index >= 15 is 0 Å². The van der Waals surface area contributed by atoms with Crippen molar-refractivity contribution in [3.8, 4) is 28.7 Å². The van der Waals surface area contributed by atoms with E-state index < -0.39 is 41.9 Å². The number of fused-ring (bicyclic) bond motifs is 3. The molecule has 0 saturated heterocycles. The van der Waals surface area contributed by atoms with E-state index in [1.165, 1.54) is 18.2 Å². The number of aliphatic hydroxyl groups excluding tert-OH is 1. The predicted octanol–water partition coefficient (Wildman–Crippen LogP) is 4.87. The summed E-state index contributed by atoms with van der Waals surface area (Å²) < 4.78 is 91.5. The van der Waals surface area contributed by atoms with Crippen molar-refractivity contribution in [2.45, 2.75) is 82.2 Å². The predicted molar refractivity (Wildman–Crippen MR) is 149 cm³/mol. The number of halogens is 5. The second kappa shape index (κ2) is 11.7. The molecule has 0 spiro atoms. The van der Waals surface area contributed by atoms with E-state index in [4.69, 9.17) is 9.47 Å². The van der Waals surface area contributed by atoms with Crippen LogP contribution in [-0.2, 0) is 15.0 Å². The summed E-state index contributed by atoms with van der Waals surface area (Å²) in [6.45, 7) is 3.01. The average molecular weight is 657 g/mol. The number of hydrogen-bond donors (Lipinski definition) is 3. The molecule has 10 nitrogen and oxygen atoms in total. The highest BCUT2D eigenvalue weighted by atomic mass is 19.4. The number of amides is 2. The van der Waals surface area contributed by atoms with Crippen LogP contribution in [0.5, 0.6) is 28.7 Å². The van der Waals surface area contributed by atoms with Crippen molar-refractivity contribution < 1.29 is 60.3 Å². The first-order valence-electron chi connectivity index (χ1n) is 15.0. The monoisotopic (exact) mass is 656 g/mol. The number of nitrogens with one attached hydrogen (secondary N) is 2. The van der Waals surface area contributed by atoms with Gasteiger partial charge in [0.2, 0.25) is 11.8 Å². The number of rotatable bonds is 7. The van der Waals surface area contributed by atoms with Gasteiger partial charge in [-0.05, 0) is 63.6 Å². The van der Waals surface area contributed by atoms with Crippen LogP contribution >= 0.6 is 0 Å². The zero-order chi connectivity index (χ0) is 33.0. The minimum atomic E-state index is -4.92. The lowest BCUT2D eigenvalue weighted by atomic mass is 9.76. The highest BCUT2D eigenvalue weighted by molar-refractivity contribution is 5.90. The number of hydrogen-bond acceptors (Lipinski definition) is 8. The van der Waals surface area contributed by atoms with E-state index in [0.717, 1.165) is 12.1 Å². The lowest BCUT2D eigenvalue weighted by molar-refractivity contribution is -0.286. The van der Waals surface area contributed by atoms with Crippen LogP contribution < -0.4 is 34.3 Å². The van der Waals surface area contributed by atoms with E-state index in [0.29, 0.717) is 43.2 Å². The molecule has 6 rings (SSSR count). The Hall–Kier alpha value is -4.01. The lowest BCUT2D eigenvalue weighted by Gasteiger charge is -2.40. The third kappa shape index (κ3) is 6.33. The Morgan fingerprint density at radius 2 is 1.74 bits per heavy atom. The van der Waals surface area contributed by atoms with E-state index in [-0.39, 0.29) is 60.0 Å². The maximum absolute atomic E-state index is 13.9. The highest BCUT2D eigenvalue weighted by Gasteiger charge is 2.50. The zero-order valence-corrected chi connectivity index (χ0v) is 24.9. The van der Waals surface area contributed by atoms with Crippen LogP contribution in [0.1, 0.15) is 63.1 Å². The van der Waals surface area contributed by atoms with Crippen LogP contribution in [0.3, 0.4) is 0 Å². The fourth-order valence-electron chi connectivity index (χ4n) is 6.59. The Bertz CT molecular complexity index is 1510. The molecule has 2 aromatic carbocycles. The topological polar surface area (TPSA) is 125 Å². The molecular formula is C31H33F5N2O8. The Balaban J connectivity index is 1.22. The largest absolute Gasteiger partial charge is 0.586 e. The van der Waals surface area contributed by atoms with Crippen LogP contribution in [0.2, 0.25) is 0 Å². The Morgan fingerprint density at radius 1 is 1.04 bits per heavy atom. The van der Waals surface area contributed by atoms with Crippen LogP contribution in [0, 0.1) is 11.8 Å².